The van der Waals surface area contributed by atoms with Crippen LogP contribution in [0.5, 0.6) is 0 Å². The summed E-state index contributed by atoms with van der Waals surface area (Å²) in [6.07, 6.45) is 1.69. The van der Waals surface area contributed by atoms with Gasteiger partial charge in [-0.05, 0) is 43.7 Å². The smallest absolute Gasteiger partial charge is 0.214 e. The molecule has 30 heavy (non-hydrogen) atoms. The number of ketones is 1. The summed E-state index contributed by atoms with van der Waals surface area (Å²) in [5, 5.41) is 3.57. The zero-order chi connectivity index (χ0) is 20.9. The van der Waals surface area contributed by atoms with E-state index in [1.54, 1.807) is 25.3 Å². The van der Waals surface area contributed by atoms with E-state index in [1.807, 2.05) is 25.1 Å². The Kier molecular flexibility index (Phi) is 5.87. The third kappa shape index (κ3) is 4.10. The van der Waals surface area contributed by atoms with Gasteiger partial charge in [-0.3, -0.25) is 9.78 Å². The van der Waals surface area contributed by atoms with Gasteiger partial charge in [0.2, 0.25) is 5.78 Å². The predicted molar refractivity (Wildman–Crippen MR) is 123 cm³/mol. The van der Waals surface area contributed by atoms with Gasteiger partial charge in [0.15, 0.2) is 0 Å². The predicted octanol–water partition coefficient (Wildman–Crippen LogP) is 4.03. The molecule has 1 aliphatic rings. The lowest BCUT2D eigenvalue weighted by molar-refractivity contribution is 0.103. The van der Waals surface area contributed by atoms with Crippen molar-refractivity contribution in [1.29, 1.82) is 0 Å². The molecule has 1 fully saturated rings. The van der Waals surface area contributed by atoms with E-state index in [0.717, 1.165) is 25.5 Å². The summed E-state index contributed by atoms with van der Waals surface area (Å²) >= 11 is 0. The highest BCUT2D eigenvalue weighted by Gasteiger charge is 2.24. The van der Waals surface area contributed by atoms with Crippen molar-refractivity contribution < 1.29 is 7.65 Å². The van der Waals surface area contributed by atoms with Crippen molar-refractivity contribution >= 4 is 11.6 Å². The zero-order valence-corrected chi connectivity index (χ0v) is 17.2. The number of nitrogens with one attached hydrogen (secondary N) is 1. The Balaban J connectivity index is 0.00000181. The van der Waals surface area contributed by atoms with Crippen LogP contribution in [-0.2, 0) is 0 Å². The van der Waals surface area contributed by atoms with E-state index < -0.39 is 0 Å². The molecule has 0 saturated carbocycles. The molecule has 3 heterocycles. The van der Waals surface area contributed by atoms with Gasteiger partial charge in [-0.15, -0.1) is 5.92 Å². The molecule has 0 aliphatic carbocycles. The normalized spacial score (nSPS) is 15.9. The summed E-state index contributed by atoms with van der Waals surface area (Å²) in [6.45, 7) is 6.06. The van der Waals surface area contributed by atoms with Gasteiger partial charge in [-0.25, -0.2) is 4.98 Å². The number of piperazine rings is 1. The first kappa shape index (κ1) is 19.8. The van der Waals surface area contributed by atoms with Crippen LogP contribution in [0.4, 0.5) is 5.82 Å². The van der Waals surface area contributed by atoms with Gasteiger partial charge in [-0.1, -0.05) is 36.3 Å². The van der Waals surface area contributed by atoms with Crippen LogP contribution in [0.2, 0.25) is 0 Å². The summed E-state index contributed by atoms with van der Waals surface area (Å²) in [4.78, 5) is 24.5. The molecule has 2 aromatic heterocycles. The Hall–Kier alpha value is -3.49. The van der Waals surface area contributed by atoms with Crippen LogP contribution in [0.1, 0.15) is 48.7 Å². The second-order valence-corrected chi connectivity index (χ2v) is 7.27. The van der Waals surface area contributed by atoms with Gasteiger partial charge >= 0.3 is 0 Å². The van der Waals surface area contributed by atoms with Crippen molar-refractivity contribution in [2.24, 2.45) is 0 Å². The number of hydrogen-bond acceptors (Lipinski definition) is 5. The molecule has 1 N–H and O–H groups in total. The molecule has 0 spiro atoms. The molecule has 4 rings (SSSR count). The molecule has 1 aliphatic heterocycles. The van der Waals surface area contributed by atoms with Crippen LogP contribution < -0.4 is 10.2 Å². The highest BCUT2D eigenvalue weighted by molar-refractivity contribution is 6.10. The summed E-state index contributed by atoms with van der Waals surface area (Å²) in [5.41, 5.74) is 3.52. The number of aryl methyl sites for hydroxylation is 1. The molecular formula is C25H28N4O. The van der Waals surface area contributed by atoms with Gasteiger partial charge in [0, 0.05) is 46.0 Å². The number of pyridine rings is 2. The molecule has 1 atom stereocenters. The lowest BCUT2D eigenvalue weighted by Gasteiger charge is -2.35. The first-order chi connectivity index (χ1) is 14.7. The molecule has 0 bridgehead atoms. The van der Waals surface area contributed by atoms with Crippen LogP contribution in [0.15, 0.2) is 60.8 Å². The van der Waals surface area contributed by atoms with Crippen LogP contribution >= 0.6 is 0 Å². The number of carbonyl (C=O) groups excluding carboxylic acids is 1. The van der Waals surface area contributed by atoms with Gasteiger partial charge in [-0.2, -0.15) is 0 Å². The fourth-order valence-electron chi connectivity index (χ4n) is 3.75. The van der Waals surface area contributed by atoms with E-state index in [1.165, 1.54) is 5.56 Å². The number of rotatable bonds is 4. The molecular weight excluding hydrogens is 372 g/mol. The molecule has 5 nitrogen and oxygen atoms in total. The molecule has 1 saturated heterocycles. The standard InChI is InChI=1S/C25H24N4O.2H2/c1-3-8-20-12-13-23(28-24(20)25(30)21-11-7-14-26-18(21)2)29-16-15-27-22(17-29)19-9-5-4-6-10-19;;/h4-7,9-14,22,27H,15-17H2,1-2H3;2*1H/t22-;;/m0../s1. The fraction of sp³-hybridized carbons (Fsp3) is 0.240. The van der Waals surface area contributed by atoms with E-state index >= 15 is 0 Å². The van der Waals surface area contributed by atoms with Crippen molar-refractivity contribution in [1.82, 2.24) is 15.3 Å². The highest BCUT2D eigenvalue weighted by Crippen LogP contribution is 2.23. The molecule has 0 radical (unpaired) electrons. The van der Waals surface area contributed by atoms with Crippen LogP contribution in [0.25, 0.3) is 0 Å². The molecule has 0 amide bonds. The molecule has 3 aromatic rings. The molecule has 5 heteroatoms. The number of benzene rings is 1. The van der Waals surface area contributed by atoms with Crippen LogP contribution in [0, 0.1) is 18.8 Å². The van der Waals surface area contributed by atoms with Gasteiger partial charge in [0.25, 0.3) is 0 Å². The Morgan fingerprint density at radius 3 is 2.77 bits per heavy atom. The number of anilines is 1. The quantitative estimate of drug-likeness (QED) is 0.529. The van der Waals surface area contributed by atoms with Crippen molar-refractivity contribution in [3.05, 3.63) is 88.9 Å². The van der Waals surface area contributed by atoms with Crippen LogP contribution in [0.3, 0.4) is 0 Å². The Labute approximate surface area is 180 Å². The van der Waals surface area contributed by atoms with E-state index in [4.69, 9.17) is 4.98 Å². The minimum absolute atomic E-state index is 0. The lowest BCUT2D eigenvalue weighted by atomic mass is 10.0. The molecule has 0 unspecified atom stereocenters. The largest absolute Gasteiger partial charge is 0.353 e. The number of hydrogen-bond donors (Lipinski definition) is 1. The van der Waals surface area contributed by atoms with Crippen molar-refractivity contribution in [2.45, 2.75) is 19.9 Å². The minimum Gasteiger partial charge on any atom is -0.353 e. The average Bonchev–Trinajstić information content (AvgIpc) is 2.80. The Morgan fingerprint density at radius 1 is 1.17 bits per heavy atom. The topological polar surface area (TPSA) is 58.1 Å². The first-order valence-electron chi connectivity index (χ1n) is 10.1. The van der Waals surface area contributed by atoms with Crippen molar-refractivity contribution in [2.75, 3.05) is 24.5 Å². The first-order valence-corrected chi connectivity index (χ1v) is 10.1. The Bertz CT molecular complexity index is 1130. The van der Waals surface area contributed by atoms with Crippen molar-refractivity contribution in [3.63, 3.8) is 0 Å². The second kappa shape index (κ2) is 8.89. The average molecular weight is 401 g/mol. The SMILES string of the molecule is CC#Cc1ccc(N2CCN[C@H](c3ccccc3)C2)nc1C(=O)c1cccnc1C.[HH].[HH]. The summed E-state index contributed by atoms with van der Waals surface area (Å²) in [5.74, 6) is 6.57. The summed E-state index contributed by atoms with van der Waals surface area (Å²) in [7, 11) is 0. The monoisotopic (exact) mass is 400 g/mol. The summed E-state index contributed by atoms with van der Waals surface area (Å²) in [6, 6.07) is 18.0. The van der Waals surface area contributed by atoms with Gasteiger partial charge in [0.05, 0.1) is 5.56 Å². The zero-order valence-electron chi connectivity index (χ0n) is 17.2. The van der Waals surface area contributed by atoms with Gasteiger partial charge in [0.1, 0.15) is 11.5 Å². The van der Waals surface area contributed by atoms with E-state index in [-0.39, 0.29) is 14.7 Å². The molecule has 154 valence electrons. The highest BCUT2D eigenvalue weighted by atomic mass is 16.1. The molecule has 1 aromatic carbocycles. The van der Waals surface area contributed by atoms with E-state index in [9.17, 15) is 4.79 Å². The fourth-order valence-corrected chi connectivity index (χ4v) is 3.75. The Morgan fingerprint density at radius 2 is 2.00 bits per heavy atom. The number of carbonyl (C=O) groups is 1. The maximum Gasteiger partial charge on any atom is 0.214 e. The minimum atomic E-state index is -0.144. The summed E-state index contributed by atoms with van der Waals surface area (Å²) < 4.78 is 0. The van der Waals surface area contributed by atoms with Crippen molar-refractivity contribution in [3.8, 4) is 11.8 Å². The second-order valence-electron chi connectivity index (χ2n) is 7.27. The number of aromatic nitrogens is 2. The maximum absolute atomic E-state index is 13.3. The van der Waals surface area contributed by atoms with E-state index in [2.05, 4.69) is 51.3 Å². The lowest BCUT2D eigenvalue weighted by Crippen LogP contribution is -2.46. The maximum atomic E-state index is 13.3. The van der Waals surface area contributed by atoms with Crippen LogP contribution in [-0.4, -0.2) is 35.4 Å². The van der Waals surface area contributed by atoms with E-state index in [0.29, 0.717) is 22.5 Å². The third-order valence-electron chi connectivity index (χ3n) is 5.31. The van der Waals surface area contributed by atoms with Gasteiger partial charge < -0.3 is 10.2 Å². The third-order valence-corrected chi connectivity index (χ3v) is 5.31. The number of nitrogens with zero attached hydrogens (tertiary/aromatic N) is 3.